The maximum absolute atomic E-state index is 11.7. The van der Waals surface area contributed by atoms with Crippen molar-refractivity contribution in [3.8, 4) is 0 Å². The molecular formula is C13H19N3O4. The van der Waals surface area contributed by atoms with Gasteiger partial charge in [0.2, 0.25) is 0 Å². The Kier molecular flexibility index (Phi) is 5.01. The zero-order chi connectivity index (χ0) is 15.3. The summed E-state index contributed by atoms with van der Waals surface area (Å²) < 4.78 is 5.11. The summed E-state index contributed by atoms with van der Waals surface area (Å²) in [4.78, 5) is 30.6. The molecule has 1 heterocycles. The minimum atomic E-state index is -1.04. The van der Waals surface area contributed by atoms with Crippen LogP contribution in [0.4, 0.5) is 4.79 Å². The van der Waals surface area contributed by atoms with E-state index in [1.54, 1.807) is 27.7 Å². The molecule has 7 nitrogen and oxygen atoms in total. The molecule has 0 radical (unpaired) electrons. The Hall–Kier alpha value is -2.18. The number of hydrogen-bond acceptors (Lipinski definition) is 5. The van der Waals surface area contributed by atoms with Gasteiger partial charge in [0.15, 0.2) is 0 Å². The summed E-state index contributed by atoms with van der Waals surface area (Å²) in [5.41, 5.74) is -0.134. The molecule has 0 saturated heterocycles. The maximum atomic E-state index is 11.7. The quantitative estimate of drug-likeness (QED) is 0.873. The van der Waals surface area contributed by atoms with E-state index in [-0.39, 0.29) is 6.42 Å². The van der Waals surface area contributed by atoms with E-state index < -0.39 is 23.7 Å². The summed E-state index contributed by atoms with van der Waals surface area (Å²) in [6, 6.07) is -0.733. The molecule has 0 aromatic carbocycles. The molecule has 110 valence electrons. The average Bonchev–Trinajstić information content (AvgIpc) is 2.25. The molecule has 7 heteroatoms. The number of alkyl carbamates (subject to hydrolysis) is 1. The van der Waals surface area contributed by atoms with Crippen molar-refractivity contribution in [2.45, 2.75) is 45.8 Å². The van der Waals surface area contributed by atoms with Crippen molar-refractivity contribution >= 4 is 12.1 Å². The lowest BCUT2D eigenvalue weighted by Crippen LogP contribution is -2.35. The van der Waals surface area contributed by atoms with Gasteiger partial charge in [-0.15, -0.1) is 0 Å². The van der Waals surface area contributed by atoms with Gasteiger partial charge >= 0.3 is 12.1 Å². The monoisotopic (exact) mass is 281 g/mol. The van der Waals surface area contributed by atoms with Crippen LogP contribution in [0.15, 0.2) is 12.4 Å². The number of carbonyl (C=O) groups excluding carboxylic acids is 1. The molecule has 20 heavy (non-hydrogen) atoms. The van der Waals surface area contributed by atoms with Gasteiger partial charge in [-0.1, -0.05) is 0 Å². The summed E-state index contributed by atoms with van der Waals surface area (Å²) in [5, 5.41) is 11.4. The lowest BCUT2D eigenvalue weighted by Gasteiger charge is -2.23. The summed E-state index contributed by atoms with van der Waals surface area (Å²) in [7, 11) is 0. The van der Waals surface area contributed by atoms with Gasteiger partial charge in [-0.05, 0) is 27.7 Å². The average molecular weight is 281 g/mol. The number of nitrogens with zero attached hydrogens (tertiary/aromatic N) is 2. The molecule has 0 unspecified atom stereocenters. The van der Waals surface area contributed by atoms with Gasteiger partial charge in [0, 0.05) is 18.0 Å². The maximum Gasteiger partial charge on any atom is 0.408 e. The van der Waals surface area contributed by atoms with E-state index in [2.05, 4.69) is 15.3 Å². The van der Waals surface area contributed by atoms with Crippen LogP contribution >= 0.6 is 0 Å². The minimum Gasteiger partial charge on any atom is -0.481 e. The van der Waals surface area contributed by atoms with E-state index in [0.29, 0.717) is 11.4 Å². The standard InChI is InChI=1S/C13H19N3O4/c1-8-14-6-9(7-15-8)10(5-11(17)18)16-12(19)20-13(2,3)4/h6-7,10H,5H2,1-4H3,(H,16,19)(H,17,18)/t10-/m0/s1. The van der Waals surface area contributed by atoms with Gasteiger partial charge < -0.3 is 15.2 Å². The first-order chi connectivity index (χ1) is 9.17. The summed E-state index contributed by atoms with van der Waals surface area (Å²) in [5.74, 6) is -0.466. The molecule has 0 aliphatic rings. The van der Waals surface area contributed by atoms with Crippen molar-refractivity contribution < 1.29 is 19.4 Å². The molecule has 1 amide bonds. The van der Waals surface area contributed by atoms with Crippen molar-refractivity contribution in [3.63, 3.8) is 0 Å². The second-order valence-corrected chi connectivity index (χ2v) is 5.36. The number of aromatic nitrogens is 2. The number of hydrogen-bond donors (Lipinski definition) is 2. The molecule has 0 fully saturated rings. The van der Waals surface area contributed by atoms with Crippen LogP contribution in [-0.4, -0.2) is 32.7 Å². The van der Waals surface area contributed by atoms with Crippen LogP contribution in [0, 0.1) is 6.92 Å². The first-order valence-electron chi connectivity index (χ1n) is 6.17. The van der Waals surface area contributed by atoms with Crippen molar-refractivity contribution in [2.75, 3.05) is 0 Å². The van der Waals surface area contributed by atoms with E-state index in [9.17, 15) is 9.59 Å². The first kappa shape index (κ1) is 15.9. The van der Waals surface area contributed by atoms with E-state index in [4.69, 9.17) is 9.84 Å². The number of ether oxygens (including phenoxy) is 1. The zero-order valence-corrected chi connectivity index (χ0v) is 12.0. The number of carboxylic acid groups (broad SMARTS) is 1. The Balaban J connectivity index is 2.82. The Bertz CT molecular complexity index is 479. The summed E-state index contributed by atoms with van der Waals surface area (Å²) in [6.07, 6.45) is 2.04. The second-order valence-electron chi connectivity index (χ2n) is 5.36. The normalized spacial score (nSPS) is 12.6. The molecule has 1 atom stereocenters. The van der Waals surface area contributed by atoms with Crippen LogP contribution < -0.4 is 5.32 Å². The van der Waals surface area contributed by atoms with Crippen molar-refractivity contribution in [1.29, 1.82) is 0 Å². The molecule has 2 N–H and O–H groups in total. The largest absolute Gasteiger partial charge is 0.481 e. The Morgan fingerprint density at radius 3 is 2.35 bits per heavy atom. The number of carbonyl (C=O) groups is 2. The SMILES string of the molecule is Cc1ncc([C@H](CC(=O)O)NC(=O)OC(C)(C)C)cn1. The number of carboxylic acids is 1. The van der Waals surface area contributed by atoms with Crippen LogP contribution in [-0.2, 0) is 9.53 Å². The van der Waals surface area contributed by atoms with Gasteiger partial charge in [-0.3, -0.25) is 4.79 Å². The van der Waals surface area contributed by atoms with E-state index >= 15 is 0 Å². The van der Waals surface area contributed by atoms with Crippen molar-refractivity contribution in [2.24, 2.45) is 0 Å². The Labute approximate surface area is 117 Å². The Morgan fingerprint density at radius 2 is 1.90 bits per heavy atom. The molecule has 1 aromatic rings. The predicted molar refractivity (Wildman–Crippen MR) is 71.1 cm³/mol. The predicted octanol–water partition coefficient (Wildman–Crippen LogP) is 1.83. The van der Waals surface area contributed by atoms with E-state index in [1.165, 1.54) is 12.4 Å². The van der Waals surface area contributed by atoms with Gasteiger partial charge in [0.1, 0.15) is 11.4 Å². The molecule has 0 bridgehead atoms. The minimum absolute atomic E-state index is 0.272. The molecule has 1 rings (SSSR count). The van der Waals surface area contributed by atoms with Crippen LogP contribution in [0.5, 0.6) is 0 Å². The van der Waals surface area contributed by atoms with Gasteiger partial charge in [-0.25, -0.2) is 14.8 Å². The topological polar surface area (TPSA) is 101 Å². The number of nitrogens with one attached hydrogen (secondary N) is 1. The first-order valence-corrected chi connectivity index (χ1v) is 6.17. The van der Waals surface area contributed by atoms with E-state index in [1.807, 2.05) is 0 Å². The van der Waals surface area contributed by atoms with Crippen molar-refractivity contribution in [1.82, 2.24) is 15.3 Å². The molecule has 1 aromatic heterocycles. The highest BCUT2D eigenvalue weighted by Gasteiger charge is 2.22. The highest BCUT2D eigenvalue weighted by Crippen LogP contribution is 2.16. The third-order valence-corrected chi connectivity index (χ3v) is 2.27. The lowest BCUT2D eigenvalue weighted by atomic mass is 10.1. The van der Waals surface area contributed by atoms with E-state index in [0.717, 1.165) is 0 Å². The summed E-state index contributed by atoms with van der Waals surface area (Å²) in [6.45, 7) is 6.91. The highest BCUT2D eigenvalue weighted by atomic mass is 16.6. The van der Waals surface area contributed by atoms with Crippen LogP contribution in [0.3, 0.4) is 0 Å². The third kappa shape index (κ3) is 5.64. The molecule has 0 spiro atoms. The molecule has 0 aliphatic carbocycles. The number of rotatable bonds is 4. The van der Waals surface area contributed by atoms with Gasteiger partial charge in [0.05, 0.1) is 12.5 Å². The van der Waals surface area contributed by atoms with Gasteiger partial charge in [-0.2, -0.15) is 0 Å². The smallest absolute Gasteiger partial charge is 0.408 e. The lowest BCUT2D eigenvalue weighted by molar-refractivity contribution is -0.137. The van der Waals surface area contributed by atoms with Crippen molar-refractivity contribution in [3.05, 3.63) is 23.8 Å². The van der Waals surface area contributed by atoms with Gasteiger partial charge in [0.25, 0.3) is 0 Å². The summed E-state index contributed by atoms with van der Waals surface area (Å²) >= 11 is 0. The Morgan fingerprint density at radius 1 is 1.35 bits per heavy atom. The number of aliphatic carboxylic acids is 1. The van der Waals surface area contributed by atoms with Crippen LogP contribution in [0.25, 0.3) is 0 Å². The number of aryl methyl sites for hydroxylation is 1. The fraction of sp³-hybridized carbons (Fsp3) is 0.538. The van der Waals surface area contributed by atoms with Crippen LogP contribution in [0.1, 0.15) is 44.6 Å². The third-order valence-electron chi connectivity index (χ3n) is 2.27. The van der Waals surface area contributed by atoms with Crippen LogP contribution in [0.2, 0.25) is 0 Å². The number of amides is 1. The molecule has 0 aliphatic heterocycles. The zero-order valence-electron chi connectivity index (χ0n) is 12.0. The highest BCUT2D eigenvalue weighted by molar-refractivity contribution is 5.72. The molecular weight excluding hydrogens is 262 g/mol. The fourth-order valence-corrected chi connectivity index (χ4v) is 1.46. The molecule has 0 saturated carbocycles. The second kappa shape index (κ2) is 6.31. The fourth-order valence-electron chi connectivity index (χ4n) is 1.46.